The minimum atomic E-state index is -1.73. The number of allylic oxidation sites excluding steroid dienone is 2. The molecule has 0 saturated heterocycles. The highest BCUT2D eigenvalue weighted by Gasteiger charge is 2.41. The van der Waals surface area contributed by atoms with Crippen molar-refractivity contribution in [2.75, 3.05) is 0 Å². The summed E-state index contributed by atoms with van der Waals surface area (Å²) < 4.78 is 0. The van der Waals surface area contributed by atoms with E-state index in [1.807, 2.05) is 0 Å². The molecule has 6 rings (SSSR count). The van der Waals surface area contributed by atoms with Gasteiger partial charge in [-0.25, -0.2) is 0 Å². The van der Waals surface area contributed by atoms with Crippen molar-refractivity contribution in [3.05, 3.63) is 105 Å². The van der Waals surface area contributed by atoms with Gasteiger partial charge in [-0.2, -0.15) is 0 Å². The van der Waals surface area contributed by atoms with Crippen molar-refractivity contribution < 1.29 is 0 Å². The van der Waals surface area contributed by atoms with Crippen molar-refractivity contribution in [1.82, 2.24) is 0 Å². The summed E-state index contributed by atoms with van der Waals surface area (Å²) in [6, 6.07) is 29.7. The van der Waals surface area contributed by atoms with Crippen molar-refractivity contribution >= 4 is 41.8 Å². The van der Waals surface area contributed by atoms with Gasteiger partial charge in [-0.1, -0.05) is 121 Å². The van der Waals surface area contributed by atoms with Crippen molar-refractivity contribution in [2.45, 2.75) is 38.8 Å². The molecule has 2 aliphatic rings. The third-order valence-corrected chi connectivity index (χ3v) is 13.5. The minimum Gasteiger partial charge on any atom is -0.0709 e. The average Bonchev–Trinajstić information content (AvgIpc) is 3.46. The molecular formula is C30H28Si. The van der Waals surface area contributed by atoms with E-state index in [-0.39, 0.29) is 0 Å². The van der Waals surface area contributed by atoms with Gasteiger partial charge in [0, 0.05) is 0 Å². The highest BCUT2D eigenvalue weighted by atomic mass is 28.3. The van der Waals surface area contributed by atoms with Gasteiger partial charge in [0.1, 0.15) is 8.07 Å². The van der Waals surface area contributed by atoms with E-state index < -0.39 is 8.07 Å². The van der Waals surface area contributed by atoms with Gasteiger partial charge in [0.15, 0.2) is 0 Å². The predicted molar refractivity (Wildman–Crippen MR) is 138 cm³/mol. The Balaban J connectivity index is 1.49. The summed E-state index contributed by atoms with van der Waals surface area (Å²) in [4.78, 5) is 0. The van der Waals surface area contributed by atoms with E-state index in [2.05, 4.69) is 98.8 Å². The van der Waals surface area contributed by atoms with Crippen molar-refractivity contribution in [2.24, 2.45) is 0 Å². The normalized spacial score (nSPS) is 15.2. The summed E-state index contributed by atoms with van der Waals surface area (Å²) in [6.45, 7) is 4.89. The summed E-state index contributed by atoms with van der Waals surface area (Å²) >= 11 is 0. The van der Waals surface area contributed by atoms with E-state index >= 15 is 0 Å². The quantitative estimate of drug-likeness (QED) is 0.294. The molecule has 4 aromatic rings. The Morgan fingerprint density at radius 2 is 1.03 bits per heavy atom. The highest BCUT2D eigenvalue weighted by Crippen LogP contribution is 2.45. The first-order valence-corrected chi connectivity index (χ1v) is 14.1. The number of hydrogen-bond donors (Lipinski definition) is 0. The first-order valence-electron chi connectivity index (χ1n) is 11.7. The molecule has 0 spiro atoms. The lowest BCUT2D eigenvalue weighted by Crippen LogP contribution is -2.39. The van der Waals surface area contributed by atoms with Gasteiger partial charge < -0.3 is 0 Å². The fourth-order valence-corrected chi connectivity index (χ4v) is 10.8. The van der Waals surface area contributed by atoms with Crippen LogP contribution < -0.4 is 0 Å². The molecule has 152 valence electrons. The van der Waals surface area contributed by atoms with Gasteiger partial charge in [-0.3, -0.25) is 0 Å². The zero-order valence-corrected chi connectivity index (χ0v) is 19.4. The largest absolute Gasteiger partial charge is 0.109 e. The Kier molecular flexibility index (Phi) is 4.29. The molecule has 0 bridgehead atoms. The number of benzene rings is 4. The molecule has 0 unspecified atom stereocenters. The Morgan fingerprint density at radius 3 is 1.48 bits per heavy atom. The van der Waals surface area contributed by atoms with Crippen molar-refractivity contribution in [1.29, 1.82) is 0 Å². The fourth-order valence-electron chi connectivity index (χ4n) is 6.17. The average molecular weight is 417 g/mol. The second-order valence-electron chi connectivity index (χ2n) is 9.20. The SMILES string of the molecule is CC[Si](CC)(C1=Cc2c(ccc3ccccc23)C1)C1=Cc2c(ccc3ccccc23)C1. The summed E-state index contributed by atoms with van der Waals surface area (Å²) in [5.74, 6) is 0. The molecule has 0 N–H and O–H groups in total. The minimum absolute atomic E-state index is 1.14. The summed E-state index contributed by atoms with van der Waals surface area (Å²) in [5.41, 5.74) is 6.00. The van der Waals surface area contributed by atoms with Gasteiger partial charge in [-0.05, 0) is 56.6 Å². The van der Waals surface area contributed by atoms with Crippen LogP contribution in [0.1, 0.15) is 36.1 Å². The molecule has 0 atom stereocenters. The first-order chi connectivity index (χ1) is 15.2. The van der Waals surface area contributed by atoms with E-state index in [1.165, 1.54) is 55.9 Å². The zero-order valence-electron chi connectivity index (χ0n) is 18.4. The van der Waals surface area contributed by atoms with Gasteiger partial charge in [0.05, 0.1) is 0 Å². The van der Waals surface area contributed by atoms with Crippen LogP contribution in [0.4, 0.5) is 0 Å². The van der Waals surface area contributed by atoms with Crippen LogP contribution in [0.2, 0.25) is 12.1 Å². The van der Waals surface area contributed by atoms with Crippen LogP contribution >= 0.6 is 0 Å². The van der Waals surface area contributed by atoms with E-state index in [4.69, 9.17) is 0 Å². The fraction of sp³-hybridized carbons (Fsp3) is 0.200. The second kappa shape index (κ2) is 7.07. The number of hydrogen-bond acceptors (Lipinski definition) is 0. The molecule has 0 aliphatic heterocycles. The smallest absolute Gasteiger partial charge is 0.0709 e. The summed E-state index contributed by atoms with van der Waals surface area (Å²) in [5, 5.41) is 9.04. The molecule has 0 radical (unpaired) electrons. The molecule has 2 aliphatic carbocycles. The Labute approximate surface area is 185 Å². The van der Waals surface area contributed by atoms with Crippen LogP contribution in [0.5, 0.6) is 0 Å². The topological polar surface area (TPSA) is 0 Å². The van der Waals surface area contributed by atoms with Crippen molar-refractivity contribution in [3.8, 4) is 0 Å². The molecular weight excluding hydrogens is 388 g/mol. The van der Waals surface area contributed by atoms with E-state index in [1.54, 1.807) is 10.4 Å². The zero-order chi connectivity index (χ0) is 21.0. The molecule has 0 heterocycles. The Morgan fingerprint density at radius 1 is 0.581 bits per heavy atom. The molecule has 4 aromatic carbocycles. The first kappa shape index (κ1) is 18.8. The highest BCUT2D eigenvalue weighted by molar-refractivity contribution is 6.94. The van der Waals surface area contributed by atoms with Gasteiger partial charge in [0.2, 0.25) is 0 Å². The van der Waals surface area contributed by atoms with Gasteiger partial charge in [0.25, 0.3) is 0 Å². The van der Waals surface area contributed by atoms with Crippen LogP contribution in [-0.2, 0) is 12.8 Å². The van der Waals surface area contributed by atoms with Crippen LogP contribution in [0, 0.1) is 0 Å². The third-order valence-electron chi connectivity index (χ3n) is 7.96. The monoisotopic (exact) mass is 416 g/mol. The lowest BCUT2D eigenvalue weighted by atomic mass is 10.0. The lowest BCUT2D eigenvalue weighted by molar-refractivity contribution is 1.15. The van der Waals surface area contributed by atoms with E-state index in [9.17, 15) is 0 Å². The summed E-state index contributed by atoms with van der Waals surface area (Å²) in [6.07, 6.45) is 7.47. The second-order valence-corrected chi connectivity index (χ2v) is 14.1. The third kappa shape index (κ3) is 2.73. The predicted octanol–water partition coefficient (Wildman–Crippen LogP) is 8.14. The van der Waals surface area contributed by atoms with Gasteiger partial charge in [-0.15, -0.1) is 0 Å². The molecule has 31 heavy (non-hydrogen) atoms. The molecule has 0 fully saturated rings. The molecule has 0 nitrogen and oxygen atoms in total. The van der Waals surface area contributed by atoms with Crippen LogP contribution in [-0.4, -0.2) is 8.07 Å². The van der Waals surface area contributed by atoms with Gasteiger partial charge >= 0.3 is 0 Å². The summed E-state index contributed by atoms with van der Waals surface area (Å²) in [7, 11) is -1.73. The molecule has 0 aromatic heterocycles. The van der Waals surface area contributed by atoms with Crippen LogP contribution in [0.15, 0.2) is 83.2 Å². The Bertz CT molecular complexity index is 1290. The van der Waals surface area contributed by atoms with Crippen LogP contribution in [0.25, 0.3) is 33.7 Å². The molecule has 1 heteroatoms. The van der Waals surface area contributed by atoms with Crippen LogP contribution in [0.3, 0.4) is 0 Å². The van der Waals surface area contributed by atoms with Crippen molar-refractivity contribution in [3.63, 3.8) is 0 Å². The number of rotatable bonds is 4. The maximum absolute atomic E-state index is 2.60. The van der Waals surface area contributed by atoms with E-state index in [0.29, 0.717) is 0 Å². The maximum atomic E-state index is 2.60. The maximum Gasteiger partial charge on any atom is 0.109 e. The molecule has 0 amide bonds. The molecule has 0 saturated carbocycles. The Hall–Kier alpha value is -2.90. The number of fused-ring (bicyclic) bond motifs is 6. The lowest BCUT2D eigenvalue weighted by Gasteiger charge is -2.33. The van der Waals surface area contributed by atoms with E-state index in [0.717, 1.165) is 12.8 Å². The standard InChI is InChI=1S/C30H28Si/c1-3-31(4-2,25-17-23-15-13-21-9-5-7-11-27(21)29(23)19-25)26-18-24-16-14-22-10-6-8-12-28(22)30(24)20-26/h5-16,19-20H,3-4,17-18H2,1-2H3.